The first-order valence-electron chi connectivity index (χ1n) is 7.59. The van der Waals surface area contributed by atoms with Crippen LogP contribution in [0.1, 0.15) is 49.3 Å². The molecule has 1 aromatic rings. The van der Waals surface area contributed by atoms with Gasteiger partial charge in [0, 0.05) is 28.7 Å². The standard InChI is InChI=1S/C17H26O3S/c1-4-20-17(18)8-6-5-7-9-21(19)13-16-11-14(2)10-15(3)12-16/h10-12H,4-9,13H2,1-3H3. The van der Waals surface area contributed by atoms with Gasteiger partial charge < -0.3 is 4.74 Å². The molecule has 0 bridgehead atoms. The van der Waals surface area contributed by atoms with Crippen molar-refractivity contribution in [3.63, 3.8) is 0 Å². The van der Waals surface area contributed by atoms with E-state index >= 15 is 0 Å². The van der Waals surface area contributed by atoms with Crippen molar-refractivity contribution in [2.45, 2.75) is 52.2 Å². The monoisotopic (exact) mass is 310 g/mol. The van der Waals surface area contributed by atoms with E-state index < -0.39 is 10.8 Å². The second-order valence-corrected chi connectivity index (χ2v) is 6.98. The maximum atomic E-state index is 12.1. The van der Waals surface area contributed by atoms with Crippen LogP contribution in [-0.4, -0.2) is 22.5 Å². The molecular formula is C17H26O3S. The molecule has 0 spiro atoms. The second kappa shape index (κ2) is 9.72. The minimum absolute atomic E-state index is 0.131. The van der Waals surface area contributed by atoms with Gasteiger partial charge in [-0.2, -0.15) is 0 Å². The zero-order valence-corrected chi connectivity index (χ0v) is 14.1. The van der Waals surface area contributed by atoms with Crippen molar-refractivity contribution >= 4 is 16.8 Å². The normalized spacial score (nSPS) is 12.1. The van der Waals surface area contributed by atoms with E-state index in [1.807, 2.05) is 6.92 Å². The molecule has 21 heavy (non-hydrogen) atoms. The molecule has 0 radical (unpaired) electrons. The first kappa shape index (κ1) is 17.9. The van der Waals surface area contributed by atoms with E-state index in [2.05, 4.69) is 32.0 Å². The molecule has 0 aliphatic carbocycles. The third-order valence-electron chi connectivity index (χ3n) is 3.17. The molecule has 0 aliphatic rings. The summed E-state index contributed by atoms with van der Waals surface area (Å²) in [6.07, 6.45) is 3.12. The van der Waals surface area contributed by atoms with Crippen molar-refractivity contribution in [1.82, 2.24) is 0 Å². The number of unbranched alkanes of at least 4 members (excludes halogenated alkanes) is 2. The summed E-state index contributed by atoms with van der Waals surface area (Å²) in [4.78, 5) is 11.2. The molecule has 1 atom stereocenters. The van der Waals surface area contributed by atoms with Gasteiger partial charge >= 0.3 is 5.97 Å². The van der Waals surface area contributed by atoms with E-state index in [9.17, 15) is 9.00 Å². The van der Waals surface area contributed by atoms with Crippen LogP contribution >= 0.6 is 0 Å². The van der Waals surface area contributed by atoms with E-state index in [-0.39, 0.29) is 5.97 Å². The lowest BCUT2D eigenvalue weighted by Gasteiger charge is -2.06. The highest BCUT2D eigenvalue weighted by atomic mass is 32.2. The summed E-state index contributed by atoms with van der Waals surface area (Å²) in [5.41, 5.74) is 3.59. The molecule has 0 amide bonds. The number of carbonyl (C=O) groups is 1. The molecule has 0 fully saturated rings. The Hall–Kier alpha value is -1.16. The Morgan fingerprint density at radius 2 is 1.76 bits per heavy atom. The fourth-order valence-corrected chi connectivity index (χ4v) is 3.56. The van der Waals surface area contributed by atoms with Crippen molar-refractivity contribution in [1.29, 1.82) is 0 Å². The SMILES string of the molecule is CCOC(=O)CCCCCS(=O)Cc1cc(C)cc(C)c1. The summed E-state index contributed by atoms with van der Waals surface area (Å²) in [7, 11) is -0.821. The summed E-state index contributed by atoms with van der Waals surface area (Å²) in [5, 5.41) is 0. The van der Waals surface area contributed by atoms with Crippen LogP contribution in [0.25, 0.3) is 0 Å². The average molecular weight is 310 g/mol. The lowest BCUT2D eigenvalue weighted by atomic mass is 10.1. The molecule has 1 unspecified atom stereocenters. The first-order valence-corrected chi connectivity index (χ1v) is 9.08. The molecule has 4 heteroatoms. The van der Waals surface area contributed by atoms with Gasteiger partial charge in [-0.15, -0.1) is 0 Å². The Morgan fingerprint density at radius 1 is 1.10 bits per heavy atom. The molecule has 0 saturated carbocycles. The van der Waals surface area contributed by atoms with Crippen LogP contribution < -0.4 is 0 Å². The first-order chi connectivity index (χ1) is 10.0. The van der Waals surface area contributed by atoms with E-state index in [0.29, 0.717) is 24.5 Å². The van der Waals surface area contributed by atoms with Gasteiger partial charge in [-0.25, -0.2) is 0 Å². The van der Waals surface area contributed by atoms with Gasteiger partial charge in [0.2, 0.25) is 0 Å². The van der Waals surface area contributed by atoms with Gasteiger partial charge in [0.05, 0.1) is 6.61 Å². The smallest absolute Gasteiger partial charge is 0.305 e. The van der Waals surface area contributed by atoms with Crippen molar-refractivity contribution < 1.29 is 13.7 Å². The van der Waals surface area contributed by atoms with Crippen LogP contribution in [0.2, 0.25) is 0 Å². The minimum Gasteiger partial charge on any atom is -0.466 e. The molecular weight excluding hydrogens is 284 g/mol. The van der Waals surface area contributed by atoms with Crippen LogP contribution in [0.5, 0.6) is 0 Å². The lowest BCUT2D eigenvalue weighted by Crippen LogP contribution is -2.04. The second-order valence-electron chi connectivity index (χ2n) is 5.40. The van der Waals surface area contributed by atoms with Gasteiger partial charge in [-0.1, -0.05) is 35.7 Å². The number of aryl methyl sites for hydroxylation is 2. The number of carbonyl (C=O) groups excluding carboxylic acids is 1. The third-order valence-corrected chi connectivity index (χ3v) is 4.57. The fourth-order valence-electron chi connectivity index (χ4n) is 2.35. The number of ether oxygens (including phenoxy) is 1. The largest absolute Gasteiger partial charge is 0.466 e. The van der Waals surface area contributed by atoms with E-state index in [1.54, 1.807) is 0 Å². The summed E-state index contributed by atoms with van der Waals surface area (Å²) < 4.78 is 16.9. The van der Waals surface area contributed by atoms with E-state index in [4.69, 9.17) is 4.74 Å². The number of hydrogen-bond acceptors (Lipinski definition) is 3. The fraction of sp³-hybridized carbons (Fsp3) is 0.588. The molecule has 1 rings (SSSR count). The summed E-state index contributed by atoms with van der Waals surface area (Å²) >= 11 is 0. The maximum Gasteiger partial charge on any atom is 0.305 e. The molecule has 0 N–H and O–H groups in total. The topological polar surface area (TPSA) is 43.4 Å². The molecule has 118 valence electrons. The highest BCUT2D eigenvalue weighted by Gasteiger charge is 2.05. The predicted octanol–water partition coefficient (Wildman–Crippen LogP) is 3.68. The van der Waals surface area contributed by atoms with Crippen LogP contribution in [0.3, 0.4) is 0 Å². The Balaban J connectivity index is 2.21. The lowest BCUT2D eigenvalue weighted by molar-refractivity contribution is -0.143. The Bertz CT molecular complexity index is 463. The Kier molecular flexibility index (Phi) is 8.28. The molecule has 3 nitrogen and oxygen atoms in total. The highest BCUT2D eigenvalue weighted by molar-refractivity contribution is 7.84. The van der Waals surface area contributed by atoms with Crippen molar-refractivity contribution in [2.24, 2.45) is 0 Å². The van der Waals surface area contributed by atoms with Gasteiger partial charge in [-0.3, -0.25) is 9.00 Å². The zero-order chi connectivity index (χ0) is 15.7. The Morgan fingerprint density at radius 3 is 2.38 bits per heavy atom. The maximum absolute atomic E-state index is 12.1. The zero-order valence-electron chi connectivity index (χ0n) is 13.3. The van der Waals surface area contributed by atoms with Crippen molar-refractivity contribution in [3.8, 4) is 0 Å². The van der Waals surface area contributed by atoms with E-state index in [0.717, 1.165) is 24.8 Å². The molecule has 1 aromatic carbocycles. The van der Waals surface area contributed by atoms with Crippen molar-refractivity contribution in [3.05, 3.63) is 34.9 Å². The number of hydrogen-bond donors (Lipinski definition) is 0. The third kappa shape index (κ3) is 8.00. The molecule has 0 saturated heterocycles. The number of esters is 1. The predicted molar refractivity (Wildman–Crippen MR) is 87.7 cm³/mol. The van der Waals surface area contributed by atoms with Crippen LogP contribution in [0.15, 0.2) is 18.2 Å². The molecule has 0 aliphatic heterocycles. The van der Waals surface area contributed by atoms with Crippen molar-refractivity contribution in [2.75, 3.05) is 12.4 Å². The summed E-state index contributed by atoms with van der Waals surface area (Å²) in [6, 6.07) is 6.33. The Labute approximate surface area is 130 Å². The summed E-state index contributed by atoms with van der Waals surface area (Å²) in [5.74, 6) is 1.20. The average Bonchev–Trinajstić information content (AvgIpc) is 2.37. The number of rotatable bonds is 9. The van der Waals surface area contributed by atoms with Crippen LogP contribution in [0.4, 0.5) is 0 Å². The van der Waals surface area contributed by atoms with E-state index in [1.165, 1.54) is 11.1 Å². The minimum atomic E-state index is -0.821. The van der Waals surface area contributed by atoms with Gasteiger partial charge in [-0.05, 0) is 39.2 Å². The van der Waals surface area contributed by atoms with Crippen LogP contribution in [-0.2, 0) is 26.1 Å². The number of benzene rings is 1. The van der Waals surface area contributed by atoms with Crippen LogP contribution in [0, 0.1) is 13.8 Å². The quantitative estimate of drug-likeness (QED) is 0.516. The highest BCUT2D eigenvalue weighted by Crippen LogP contribution is 2.12. The molecule has 0 aromatic heterocycles. The van der Waals surface area contributed by atoms with Gasteiger partial charge in [0.25, 0.3) is 0 Å². The molecule has 0 heterocycles. The van der Waals surface area contributed by atoms with Gasteiger partial charge in [0.1, 0.15) is 0 Å². The summed E-state index contributed by atoms with van der Waals surface area (Å²) in [6.45, 7) is 6.39. The van der Waals surface area contributed by atoms with Gasteiger partial charge in [0.15, 0.2) is 0 Å².